The predicted molar refractivity (Wildman–Crippen MR) is 180 cm³/mol. The molecule has 46 heavy (non-hydrogen) atoms. The van der Waals surface area contributed by atoms with Crippen molar-refractivity contribution in [2.75, 3.05) is 39.3 Å². The average molecular weight is 619 g/mol. The van der Waals surface area contributed by atoms with Crippen LogP contribution in [0.15, 0.2) is 97.1 Å². The van der Waals surface area contributed by atoms with E-state index in [0.717, 1.165) is 78.8 Å². The Hall–Kier alpha value is -3.84. The van der Waals surface area contributed by atoms with Gasteiger partial charge in [0.15, 0.2) is 12.3 Å². The summed E-state index contributed by atoms with van der Waals surface area (Å²) in [6, 6.07) is 32.1. The molecule has 0 radical (unpaired) electrons. The van der Waals surface area contributed by atoms with Gasteiger partial charge in [-0.05, 0) is 75.2 Å². The van der Waals surface area contributed by atoms with Gasteiger partial charge in [0.1, 0.15) is 12.4 Å². The number of aliphatic hydroxyl groups is 1. The summed E-state index contributed by atoms with van der Waals surface area (Å²) in [6.45, 7) is 4.24. The summed E-state index contributed by atoms with van der Waals surface area (Å²) >= 11 is 0. The summed E-state index contributed by atoms with van der Waals surface area (Å²) < 4.78 is 38.0. The van der Waals surface area contributed by atoms with Crippen LogP contribution in [0.3, 0.4) is 0 Å². The Morgan fingerprint density at radius 3 is 2.20 bits per heavy atom. The molecule has 5 aromatic carbocycles. The number of aliphatic hydroxyl groups excluding tert-OH is 1. The summed E-state index contributed by atoms with van der Waals surface area (Å²) in [5.41, 5.74) is 3.86. The van der Waals surface area contributed by atoms with Gasteiger partial charge in [-0.1, -0.05) is 91.0 Å². The zero-order valence-corrected chi connectivity index (χ0v) is 26.0. The molecule has 3 unspecified atom stereocenters. The van der Waals surface area contributed by atoms with Crippen molar-refractivity contribution >= 4 is 21.5 Å². The number of hydrogen-bond acceptors (Lipinski definition) is 4. The molecule has 5 aromatic rings. The fourth-order valence-corrected chi connectivity index (χ4v) is 7.77. The number of nitrogens with zero attached hydrogens (tertiary/aromatic N) is 2. The van der Waals surface area contributed by atoms with Crippen LogP contribution >= 0.6 is 0 Å². The molecular formula is C40H40F2N2O2. The minimum absolute atomic E-state index is 0.178. The van der Waals surface area contributed by atoms with E-state index >= 15 is 8.78 Å². The highest BCUT2D eigenvalue weighted by atomic mass is 19.2. The Bertz CT molecular complexity index is 1870. The van der Waals surface area contributed by atoms with Gasteiger partial charge in [0.25, 0.3) is 0 Å². The van der Waals surface area contributed by atoms with Crippen molar-refractivity contribution < 1.29 is 18.6 Å². The summed E-state index contributed by atoms with van der Waals surface area (Å²) in [4.78, 5) is 4.78. The minimum atomic E-state index is -1.67. The smallest absolute Gasteiger partial charge is 0.161 e. The Labute approximate surface area is 269 Å². The molecule has 6 heteroatoms. The van der Waals surface area contributed by atoms with E-state index in [1.54, 1.807) is 6.07 Å². The van der Waals surface area contributed by atoms with Gasteiger partial charge < -0.3 is 14.7 Å². The predicted octanol–water partition coefficient (Wildman–Crippen LogP) is 8.44. The maximum Gasteiger partial charge on any atom is 0.161 e. The summed E-state index contributed by atoms with van der Waals surface area (Å²) in [5, 5.41) is 15.5. The van der Waals surface area contributed by atoms with E-state index in [9.17, 15) is 5.11 Å². The van der Waals surface area contributed by atoms with Crippen molar-refractivity contribution in [2.24, 2.45) is 0 Å². The Morgan fingerprint density at radius 2 is 1.37 bits per heavy atom. The van der Waals surface area contributed by atoms with Crippen molar-refractivity contribution in [2.45, 2.75) is 49.7 Å². The van der Waals surface area contributed by atoms with Crippen molar-refractivity contribution in [3.05, 3.63) is 125 Å². The number of rotatable bonds is 8. The van der Waals surface area contributed by atoms with Gasteiger partial charge in [-0.15, -0.1) is 0 Å². The van der Waals surface area contributed by atoms with Gasteiger partial charge in [0, 0.05) is 38.1 Å². The molecule has 4 nitrogen and oxygen atoms in total. The van der Waals surface area contributed by atoms with E-state index in [1.807, 2.05) is 54.6 Å². The fourth-order valence-electron chi connectivity index (χ4n) is 7.77. The molecule has 0 amide bonds. The Morgan fingerprint density at radius 1 is 0.674 bits per heavy atom. The maximum atomic E-state index is 16.0. The van der Waals surface area contributed by atoms with Crippen LogP contribution in [0.2, 0.25) is 0 Å². The van der Waals surface area contributed by atoms with E-state index in [1.165, 1.54) is 10.8 Å². The largest absolute Gasteiger partial charge is 0.490 e. The first-order valence-electron chi connectivity index (χ1n) is 16.7. The number of piperazine rings is 1. The van der Waals surface area contributed by atoms with Gasteiger partial charge in [0.05, 0.1) is 12.1 Å². The van der Waals surface area contributed by atoms with Crippen molar-refractivity contribution in [3.63, 3.8) is 0 Å². The quantitative estimate of drug-likeness (QED) is 0.177. The van der Waals surface area contributed by atoms with Gasteiger partial charge in [0.2, 0.25) is 0 Å². The monoisotopic (exact) mass is 618 g/mol. The van der Waals surface area contributed by atoms with Gasteiger partial charge in [-0.2, -0.15) is 0 Å². The molecule has 1 saturated carbocycles. The minimum Gasteiger partial charge on any atom is -0.490 e. The molecule has 8 rings (SSSR count). The van der Waals surface area contributed by atoms with Crippen molar-refractivity contribution in [3.8, 4) is 5.75 Å². The molecule has 3 aliphatic rings. The lowest BCUT2D eigenvalue weighted by molar-refractivity contribution is 0.0680. The Balaban J connectivity index is 0.929. The van der Waals surface area contributed by atoms with Crippen LogP contribution in [0.1, 0.15) is 71.4 Å². The normalized spacial score (nSPS) is 22.7. The molecule has 4 atom stereocenters. The molecule has 1 saturated heterocycles. The van der Waals surface area contributed by atoms with Crippen LogP contribution in [-0.2, 0) is 0 Å². The van der Waals surface area contributed by atoms with E-state index in [4.69, 9.17) is 4.74 Å². The Kier molecular flexibility index (Phi) is 7.97. The van der Waals surface area contributed by atoms with Crippen LogP contribution < -0.4 is 4.74 Å². The summed E-state index contributed by atoms with van der Waals surface area (Å²) in [5.74, 6) is 1.13. The molecule has 1 aliphatic heterocycles. The van der Waals surface area contributed by atoms with E-state index in [0.29, 0.717) is 23.5 Å². The molecular weight excluding hydrogens is 578 g/mol. The SMILES string of the molecule is O[C@@H](CCN1CCN(C2c3ccccc3C(F)C(F)c3c(C4CC4)cccc32)CC1)COc1cccc2c1ccc1ccccc12. The third-order valence-corrected chi connectivity index (χ3v) is 10.3. The number of benzene rings is 5. The second-order valence-electron chi connectivity index (χ2n) is 13.2. The lowest BCUT2D eigenvalue weighted by Crippen LogP contribution is -2.48. The number of hydrogen-bond donors (Lipinski definition) is 1. The molecule has 0 spiro atoms. The highest BCUT2D eigenvalue weighted by Crippen LogP contribution is 2.53. The lowest BCUT2D eigenvalue weighted by Gasteiger charge is -2.40. The first kappa shape index (κ1) is 29.6. The molecule has 0 bridgehead atoms. The molecule has 1 N–H and O–H groups in total. The molecule has 236 valence electrons. The average Bonchev–Trinajstić information content (AvgIpc) is 3.96. The summed E-state index contributed by atoms with van der Waals surface area (Å²) in [6.07, 6.45) is -1.20. The molecule has 1 heterocycles. The van der Waals surface area contributed by atoms with Crippen LogP contribution in [0.4, 0.5) is 8.78 Å². The van der Waals surface area contributed by atoms with E-state index in [2.05, 4.69) is 46.2 Å². The zero-order valence-electron chi connectivity index (χ0n) is 26.0. The van der Waals surface area contributed by atoms with E-state index in [-0.39, 0.29) is 12.6 Å². The van der Waals surface area contributed by atoms with Gasteiger partial charge >= 0.3 is 0 Å². The number of ether oxygens (including phenoxy) is 1. The summed E-state index contributed by atoms with van der Waals surface area (Å²) in [7, 11) is 0. The number of fused-ring (bicyclic) bond motifs is 5. The van der Waals surface area contributed by atoms with Gasteiger partial charge in [-0.25, -0.2) is 8.78 Å². The second kappa shape index (κ2) is 12.4. The lowest BCUT2D eigenvalue weighted by atomic mass is 9.89. The zero-order chi connectivity index (χ0) is 31.2. The van der Waals surface area contributed by atoms with Crippen LogP contribution in [0.5, 0.6) is 5.75 Å². The first-order valence-corrected chi connectivity index (χ1v) is 16.7. The van der Waals surface area contributed by atoms with Crippen molar-refractivity contribution in [1.82, 2.24) is 9.80 Å². The van der Waals surface area contributed by atoms with Crippen LogP contribution in [-0.4, -0.2) is 60.3 Å². The highest BCUT2D eigenvalue weighted by molar-refractivity contribution is 6.09. The number of alkyl halides is 2. The third kappa shape index (κ3) is 5.46. The molecule has 2 aliphatic carbocycles. The molecule has 2 fully saturated rings. The standard InChI is InChI=1S/C40H40F2N2O2/c41-38-33-9-3-4-10-34(33)40(35-13-5-11-30(27-15-16-27)37(35)39(38)42)44-23-21-43(22-24-44)20-19-28(45)25-46-36-14-6-12-31-29-8-2-1-7-26(29)17-18-32(31)36/h1-14,17-18,27-28,38-40,45H,15-16,19-25H2/t28-,38?,39?,40?/m0/s1. The highest BCUT2D eigenvalue weighted by Gasteiger charge is 2.42. The second-order valence-corrected chi connectivity index (χ2v) is 13.2. The van der Waals surface area contributed by atoms with Gasteiger partial charge in [-0.3, -0.25) is 4.90 Å². The molecule has 0 aromatic heterocycles. The third-order valence-electron chi connectivity index (χ3n) is 10.3. The maximum absolute atomic E-state index is 16.0. The van der Waals surface area contributed by atoms with Crippen LogP contribution in [0.25, 0.3) is 21.5 Å². The van der Waals surface area contributed by atoms with Crippen molar-refractivity contribution in [1.29, 1.82) is 0 Å². The number of halogens is 2. The topological polar surface area (TPSA) is 35.9 Å². The fraction of sp³-hybridized carbons (Fsp3) is 0.350. The van der Waals surface area contributed by atoms with Crippen LogP contribution in [0, 0.1) is 0 Å². The van der Waals surface area contributed by atoms with E-state index < -0.39 is 18.4 Å². The first-order chi connectivity index (χ1) is 22.6.